The largest absolute Gasteiger partial charge is 2.00 e. The Morgan fingerprint density at radius 3 is 1.00 bits per heavy atom. The molecule has 0 aromatic carbocycles. The van der Waals surface area contributed by atoms with E-state index in [0.29, 0.717) is 0 Å². The van der Waals surface area contributed by atoms with E-state index in [1.165, 1.54) is 0 Å². The van der Waals surface area contributed by atoms with E-state index in [9.17, 15) is 0 Å². The summed E-state index contributed by atoms with van der Waals surface area (Å²) >= 11 is 0. The van der Waals surface area contributed by atoms with Crippen molar-refractivity contribution in [2.75, 3.05) is 0 Å². The Labute approximate surface area is 90.4 Å². The summed E-state index contributed by atoms with van der Waals surface area (Å²) in [5.74, 6) is 0. The van der Waals surface area contributed by atoms with Crippen molar-refractivity contribution in [2.24, 2.45) is 0 Å². The molecule has 0 atom stereocenters. The number of hydrogen-bond acceptors (Lipinski definition) is 4. The van der Waals surface area contributed by atoms with Crippen LogP contribution in [0.5, 0.6) is 0 Å². The SMILES string of the molecule is O.O[P+](O)(O)O.[AlH2].[Ca+2].[H-].[H-]. The average Bonchev–Trinajstić information content (AvgIpc) is 0.722. The molecule has 0 aromatic heterocycles. The standard InChI is InChI=1S/Al.Ca.H4O4P.H2O.4H/c;;1-5(2,3)4;;;;;/h;;1-4H;1H2;;;;/q;+2;+1;;;;2*-1. The van der Waals surface area contributed by atoms with Crippen molar-refractivity contribution < 1.29 is 27.9 Å². The first-order valence-corrected chi connectivity index (χ1v) is 2.40. The van der Waals surface area contributed by atoms with Crippen LogP contribution in [-0.4, -0.2) is 80.1 Å². The minimum atomic E-state index is -4.39. The molecule has 0 aliphatic rings. The van der Waals surface area contributed by atoms with Gasteiger partial charge in [-0.05, 0) is 0 Å². The molecule has 0 bridgehead atoms. The third-order valence-electron chi connectivity index (χ3n) is 0. The summed E-state index contributed by atoms with van der Waals surface area (Å²) in [6.45, 7) is 0. The Morgan fingerprint density at radius 2 is 1.00 bits per heavy atom. The normalized spacial score (nSPS) is 7.50. The van der Waals surface area contributed by atoms with Gasteiger partial charge in [0.1, 0.15) is 17.4 Å². The van der Waals surface area contributed by atoms with Crippen LogP contribution in [0.2, 0.25) is 0 Å². The smallest absolute Gasteiger partial charge is 1.00 e. The predicted molar refractivity (Wildman–Crippen MR) is 35.9 cm³/mol. The van der Waals surface area contributed by atoms with Crippen molar-refractivity contribution in [1.82, 2.24) is 0 Å². The Bertz CT molecular complexity index is 35.1. The van der Waals surface area contributed by atoms with Crippen LogP contribution in [0.25, 0.3) is 0 Å². The molecule has 49 valence electrons. The van der Waals surface area contributed by atoms with Gasteiger partial charge in [-0.1, -0.05) is 0 Å². The summed E-state index contributed by atoms with van der Waals surface area (Å²) < 4.78 is 0. The summed E-state index contributed by atoms with van der Waals surface area (Å²) in [4.78, 5) is 29.2. The van der Waals surface area contributed by atoms with E-state index in [2.05, 4.69) is 0 Å². The maximum absolute atomic E-state index is 7.30. The fourth-order valence-corrected chi connectivity index (χ4v) is 0. The van der Waals surface area contributed by atoms with E-state index in [0.717, 1.165) is 0 Å². The quantitative estimate of drug-likeness (QED) is 0.236. The average molecular weight is 188 g/mol. The second-order valence-corrected chi connectivity index (χ2v) is 1.61. The second kappa shape index (κ2) is 9.02. The maximum atomic E-state index is 7.30. The summed E-state index contributed by atoms with van der Waals surface area (Å²) in [6, 6.07) is 0. The number of rotatable bonds is 0. The van der Waals surface area contributed by atoms with E-state index < -0.39 is 8.17 Å². The van der Waals surface area contributed by atoms with Gasteiger partial charge in [-0.25, -0.2) is 0 Å². The maximum Gasteiger partial charge on any atom is 2.00 e. The van der Waals surface area contributed by atoms with Gasteiger partial charge in [0.25, 0.3) is 0 Å². The topological polar surface area (TPSA) is 112 Å². The first-order valence-electron chi connectivity index (χ1n) is 0.800. The van der Waals surface area contributed by atoms with Gasteiger partial charge in [0.05, 0.1) is 0 Å². The van der Waals surface area contributed by atoms with Gasteiger partial charge >= 0.3 is 45.9 Å². The van der Waals surface area contributed by atoms with E-state index in [1.54, 1.807) is 0 Å². The summed E-state index contributed by atoms with van der Waals surface area (Å²) in [5.41, 5.74) is 0. The van der Waals surface area contributed by atoms with Gasteiger partial charge in [0.15, 0.2) is 0 Å². The Balaban J connectivity index is -0.00000000800. The molecule has 0 saturated carbocycles. The molecule has 0 aliphatic heterocycles. The van der Waals surface area contributed by atoms with Crippen LogP contribution in [0, 0.1) is 0 Å². The first kappa shape index (κ1) is 22.5. The molecule has 5 nitrogen and oxygen atoms in total. The molecule has 0 spiro atoms. The van der Waals surface area contributed by atoms with E-state index >= 15 is 0 Å². The molecule has 8 heteroatoms. The van der Waals surface area contributed by atoms with Crippen molar-refractivity contribution >= 4 is 63.3 Å². The van der Waals surface area contributed by atoms with Gasteiger partial charge in [-0.15, -0.1) is 0 Å². The first-order chi connectivity index (χ1) is 2.00. The van der Waals surface area contributed by atoms with Gasteiger partial charge in [0, 0.05) is 0 Å². The summed E-state index contributed by atoms with van der Waals surface area (Å²) in [7, 11) is -4.39. The molecular weight excluding hydrogens is 178 g/mol. The van der Waals surface area contributed by atoms with Crippen LogP contribution in [0.3, 0.4) is 0 Å². The Morgan fingerprint density at radius 1 is 1.00 bits per heavy atom. The molecule has 1 radical (unpaired) electrons. The van der Waals surface area contributed by atoms with Crippen LogP contribution >= 0.6 is 8.17 Å². The molecule has 0 aromatic rings. The predicted octanol–water partition coefficient (Wildman–Crippen LogP) is -3.26. The third-order valence-corrected chi connectivity index (χ3v) is 0. The molecule has 0 fully saturated rings. The van der Waals surface area contributed by atoms with Crippen LogP contribution in [0.15, 0.2) is 0 Å². The van der Waals surface area contributed by atoms with E-state index in [1.807, 2.05) is 0 Å². The Hall–Kier alpha value is 2.02. The van der Waals surface area contributed by atoms with Crippen molar-refractivity contribution in [3.8, 4) is 0 Å². The molecule has 0 unspecified atom stereocenters. The summed E-state index contributed by atoms with van der Waals surface area (Å²) in [5, 5.41) is 0. The van der Waals surface area contributed by atoms with Gasteiger partial charge < -0.3 is 8.33 Å². The second-order valence-electron chi connectivity index (χ2n) is 0.537. The third kappa shape index (κ3) is 96.7. The van der Waals surface area contributed by atoms with Crippen molar-refractivity contribution in [1.29, 1.82) is 0 Å². The molecule has 6 N–H and O–H groups in total. The van der Waals surface area contributed by atoms with Crippen molar-refractivity contribution in [2.45, 2.75) is 0 Å². The van der Waals surface area contributed by atoms with Crippen LogP contribution in [0.4, 0.5) is 0 Å². The van der Waals surface area contributed by atoms with Gasteiger partial charge in [-0.2, -0.15) is 19.6 Å². The monoisotopic (exact) mass is 188 g/mol. The molecular formula is H10AlCaO5P+. The van der Waals surface area contributed by atoms with Crippen LogP contribution in [0.1, 0.15) is 2.85 Å². The molecule has 0 aliphatic carbocycles. The molecule has 0 saturated heterocycles. The minimum Gasteiger partial charge on any atom is -1.00 e. The zero-order valence-electron chi connectivity index (χ0n) is 6.44. The fraction of sp³-hybridized carbons (Fsp3) is 0. The van der Waals surface area contributed by atoms with Crippen LogP contribution in [-0.2, 0) is 0 Å². The van der Waals surface area contributed by atoms with Gasteiger partial charge in [0.2, 0.25) is 0 Å². The summed E-state index contributed by atoms with van der Waals surface area (Å²) in [6.07, 6.45) is 0. The fourth-order valence-electron chi connectivity index (χ4n) is 0. The van der Waals surface area contributed by atoms with Crippen molar-refractivity contribution in [3.05, 3.63) is 0 Å². The van der Waals surface area contributed by atoms with Crippen molar-refractivity contribution in [3.63, 3.8) is 0 Å². The molecule has 8 heavy (non-hydrogen) atoms. The zero-order chi connectivity index (χ0) is 4.50. The van der Waals surface area contributed by atoms with Gasteiger partial charge in [-0.3, -0.25) is 0 Å². The zero-order valence-corrected chi connectivity index (χ0v) is 9.55. The molecule has 0 amide bonds. The van der Waals surface area contributed by atoms with E-state index in [4.69, 9.17) is 19.6 Å². The molecule has 0 rings (SSSR count). The molecule has 0 heterocycles. The van der Waals surface area contributed by atoms with E-state index in [-0.39, 0.29) is 63.4 Å². The van der Waals surface area contributed by atoms with Crippen LogP contribution < -0.4 is 0 Å². The number of hydrogen-bond donors (Lipinski definition) is 4. The Kier molecular flexibility index (Phi) is 25.4. The minimum absolute atomic E-state index is 0.